The Bertz CT molecular complexity index is 74.9. The Kier molecular flexibility index (Phi) is 1.95. The number of rotatable bonds is 1. The molecule has 1 saturated heterocycles. The first-order valence-corrected chi connectivity index (χ1v) is 3.58. The summed E-state index contributed by atoms with van der Waals surface area (Å²) >= 11 is 0. The van der Waals surface area contributed by atoms with E-state index in [1.165, 1.54) is 25.8 Å². The maximum absolute atomic E-state index is 2.53. The van der Waals surface area contributed by atoms with Crippen LogP contribution in [0.3, 0.4) is 0 Å². The van der Waals surface area contributed by atoms with Gasteiger partial charge in [0.15, 0.2) is 0 Å². The normalized spacial score (nSPS) is 22.5. The second-order valence-electron chi connectivity index (χ2n) is 2.62. The van der Waals surface area contributed by atoms with Gasteiger partial charge in [0.05, 0.1) is 0 Å². The Hall–Kier alpha value is 0.0249. The first kappa shape index (κ1) is 6.15. The lowest BCUT2D eigenvalue weighted by Gasteiger charge is -2.14. The smallest absolute Gasteiger partial charge is 0.219 e. The quantitative estimate of drug-likeness (QED) is 0.461. The van der Waals surface area contributed by atoms with Crippen molar-refractivity contribution < 1.29 is 0 Å². The molecule has 0 bridgehead atoms. The van der Waals surface area contributed by atoms with E-state index in [-0.39, 0.29) is 0 Å². The Morgan fingerprint density at radius 1 is 1.62 bits per heavy atom. The molecule has 1 heterocycles. The Morgan fingerprint density at radius 2 is 2.38 bits per heavy atom. The maximum Gasteiger partial charge on any atom is 0.219 e. The van der Waals surface area contributed by atoms with Crippen LogP contribution in [0.15, 0.2) is 0 Å². The lowest BCUT2D eigenvalue weighted by molar-refractivity contribution is 0.493. The third-order valence-corrected chi connectivity index (χ3v) is 2.10. The molecule has 1 aliphatic heterocycles. The highest BCUT2D eigenvalue weighted by molar-refractivity contribution is 6.54. The van der Waals surface area contributed by atoms with E-state index >= 15 is 0 Å². The Labute approximate surface area is 52.2 Å². The Morgan fingerprint density at radius 3 is 2.62 bits per heavy atom. The van der Waals surface area contributed by atoms with E-state index < -0.39 is 0 Å². The summed E-state index contributed by atoms with van der Waals surface area (Å²) in [4.78, 5) is 2.53. The number of hydrogen-bond acceptors (Lipinski definition) is 1. The first-order chi connectivity index (χ1) is 3.84. The van der Waals surface area contributed by atoms with Crippen LogP contribution in [0, 0.1) is 0 Å². The zero-order valence-corrected chi connectivity index (χ0v) is 5.85. The Balaban J connectivity index is 2.30. The van der Waals surface area contributed by atoms with Crippen molar-refractivity contribution in [3.05, 3.63) is 0 Å². The topological polar surface area (TPSA) is 3.24 Å². The molecule has 1 rings (SSSR count). The van der Waals surface area contributed by atoms with Crippen LogP contribution in [0.2, 0.25) is 13.1 Å². The summed E-state index contributed by atoms with van der Waals surface area (Å²) in [7, 11) is 0. The molecule has 8 heavy (non-hydrogen) atoms. The largest absolute Gasteiger partial charge is 0.342 e. The summed E-state index contributed by atoms with van der Waals surface area (Å²) < 4.78 is 0. The van der Waals surface area contributed by atoms with E-state index in [4.69, 9.17) is 0 Å². The zero-order valence-electron chi connectivity index (χ0n) is 5.85. The van der Waals surface area contributed by atoms with Crippen LogP contribution in [-0.2, 0) is 0 Å². The van der Waals surface area contributed by atoms with Crippen LogP contribution in [0.1, 0.15) is 13.3 Å². The van der Waals surface area contributed by atoms with Crippen molar-refractivity contribution in [2.24, 2.45) is 0 Å². The third-order valence-electron chi connectivity index (χ3n) is 2.10. The molecule has 0 unspecified atom stereocenters. The lowest BCUT2D eigenvalue weighted by Crippen LogP contribution is -2.29. The molecule has 0 atom stereocenters. The van der Waals surface area contributed by atoms with Crippen molar-refractivity contribution in [1.29, 1.82) is 0 Å². The number of nitrogens with zero attached hydrogens (tertiary/aromatic N) is 1. The standard InChI is InChI=1S/C6H14BN/c1-3-8-6-4-5-7(8)2/h3-6H2,1-2H3. The predicted octanol–water partition coefficient (Wildman–Crippen LogP) is 1.33. The van der Waals surface area contributed by atoms with Gasteiger partial charge in [0.1, 0.15) is 0 Å². The molecule has 0 saturated carbocycles. The van der Waals surface area contributed by atoms with Gasteiger partial charge >= 0.3 is 0 Å². The monoisotopic (exact) mass is 111 g/mol. The van der Waals surface area contributed by atoms with E-state index in [1.807, 2.05) is 0 Å². The molecule has 0 N–H and O–H groups in total. The molecule has 0 radical (unpaired) electrons. The summed E-state index contributed by atoms with van der Waals surface area (Å²) in [6, 6.07) is 0. The minimum atomic E-state index is 0.861. The third kappa shape index (κ3) is 1.05. The fraction of sp³-hybridized carbons (Fsp3) is 1.00. The summed E-state index contributed by atoms with van der Waals surface area (Å²) in [5.41, 5.74) is 0. The van der Waals surface area contributed by atoms with Crippen LogP contribution in [-0.4, -0.2) is 24.7 Å². The molecule has 0 spiro atoms. The molecule has 0 aromatic rings. The summed E-state index contributed by atoms with van der Waals surface area (Å²) in [5, 5.41) is 0. The fourth-order valence-corrected chi connectivity index (χ4v) is 1.46. The minimum Gasteiger partial charge on any atom is -0.342 e. The highest BCUT2D eigenvalue weighted by Crippen LogP contribution is 2.12. The van der Waals surface area contributed by atoms with Gasteiger partial charge in [-0.15, -0.1) is 0 Å². The molecule has 0 aromatic heterocycles. The summed E-state index contributed by atoms with van der Waals surface area (Å²) in [5.74, 6) is 0. The van der Waals surface area contributed by atoms with Crippen LogP contribution in [0.4, 0.5) is 0 Å². The maximum atomic E-state index is 2.53. The van der Waals surface area contributed by atoms with Gasteiger partial charge in [-0.2, -0.15) is 0 Å². The van der Waals surface area contributed by atoms with Crippen molar-refractivity contribution >= 4 is 6.85 Å². The molecule has 1 fully saturated rings. The predicted molar refractivity (Wildman–Crippen MR) is 38.3 cm³/mol. The average Bonchev–Trinajstić information content (AvgIpc) is 2.14. The van der Waals surface area contributed by atoms with Gasteiger partial charge in [-0.05, 0) is 19.5 Å². The molecule has 0 amide bonds. The summed E-state index contributed by atoms with van der Waals surface area (Å²) in [6.45, 7) is 7.98. The second kappa shape index (κ2) is 2.54. The van der Waals surface area contributed by atoms with Gasteiger partial charge in [-0.25, -0.2) is 0 Å². The van der Waals surface area contributed by atoms with Gasteiger partial charge in [-0.3, -0.25) is 0 Å². The zero-order chi connectivity index (χ0) is 5.98. The highest BCUT2D eigenvalue weighted by Gasteiger charge is 2.21. The molecule has 1 aliphatic rings. The van der Waals surface area contributed by atoms with Crippen molar-refractivity contribution in [3.8, 4) is 0 Å². The van der Waals surface area contributed by atoms with Crippen molar-refractivity contribution in [3.63, 3.8) is 0 Å². The van der Waals surface area contributed by atoms with E-state index in [1.54, 1.807) is 0 Å². The van der Waals surface area contributed by atoms with Crippen molar-refractivity contribution in [2.75, 3.05) is 13.1 Å². The van der Waals surface area contributed by atoms with Gasteiger partial charge in [0.2, 0.25) is 6.85 Å². The molecule has 1 nitrogen and oxygen atoms in total. The minimum absolute atomic E-state index is 0.861. The molecular weight excluding hydrogens is 96.9 g/mol. The van der Waals surface area contributed by atoms with E-state index in [2.05, 4.69) is 18.6 Å². The first-order valence-electron chi connectivity index (χ1n) is 3.58. The summed E-state index contributed by atoms with van der Waals surface area (Å²) in [6.07, 6.45) is 2.82. The van der Waals surface area contributed by atoms with Gasteiger partial charge < -0.3 is 4.81 Å². The average molecular weight is 111 g/mol. The van der Waals surface area contributed by atoms with Crippen molar-refractivity contribution in [1.82, 2.24) is 4.81 Å². The molecule has 0 aromatic carbocycles. The molecular formula is C6H14BN. The van der Waals surface area contributed by atoms with E-state index in [0.29, 0.717) is 0 Å². The molecule has 46 valence electrons. The van der Waals surface area contributed by atoms with Gasteiger partial charge in [0, 0.05) is 0 Å². The van der Waals surface area contributed by atoms with Crippen LogP contribution >= 0.6 is 0 Å². The van der Waals surface area contributed by atoms with Gasteiger partial charge in [0.25, 0.3) is 0 Å². The second-order valence-corrected chi connectivity index (χ2v) is 2.62. The lowest BCUT2D eigenvalue weighted by atomic mass is 9.63. The SMILES string of the molecule is CCN1CCCB1C. The fourth-order valence-electron chi connectivity index (χ4n) is 1.46. The van der Waals surface area contributed by atoms with E-state index in [9.17, 15) is 0 Å². The molecule has 0 aliphatic carbocycles. The number of hydrogen-bond donors (Lipinski definition) is 0. The molecule has 2 heteroatoms. The van der Waals surface area contributed by atoms with Crippen molar-refractivity contribution in [2.45, 2.75) is 26.5 Å². The van der Waals surface area contributed by atoms with Crippen LogP contribution in [0.5, 0.6) is 0 Å². The van der Waals surface area contributed by atoms with Crippen LogP contribution < -0.4 is 0 Å². The van der Waals surface area contributed by atoms with Gasteiger partial charge in [-0.1, -0.05) is 20.1 Å². The van der Waals surface area contributed by atoms with Crippen LogP contribution in [0.25, 0.3) is 0 Å². The highest BCUT2D eigenvalue weighted by atomic mass is 15.1. The van der Waals surface area contributed by atoms with E-state index in [0.717, 1.165) is 6.85 Å².